The quantitative estimate of drug-likeness (QED) is 0.147. The predicted octanol–water partition coefficient (Wildman–Crippen LogP) is 1.58. The van der Waals surface area contributed by atoms with E-state index in [-0.39, 0.29) is 25.0 Å². The van der Waals surface area contributed by atoms with E-state index in [1.165, 1.54) is 11.8 Å². The number of amides is 4. The summed E-state index contributed by atoms with van der Waals surface area (Å²) in [6.07, 6.45) is -0.625. The third-order valence-electron chi connectivity index (χ3n) is 5.61. The number of hydrogen-bond donors (Lipinski definition) is 5. The number of urea groups is 1. The molecule has 4 amide bonds. The summed E-state index contributed by atoms with van der Waals surface area (Å²) in [7, 11) is 0. The molecule has 3 rings (SSSR count). The number of anilines is 1. The van der Waals surface area contributed by atoms with Crippen LogP contribution in [0.1, 0.15) is 31.4 Å². The number of nitrogen functional groups attached to an aromatic ring is 1. The summed E-state index contributed by atoms with van der Waals surface area (Å²) < 4.78 is 10.2. The SMILES string of the molecule is CCOC(=O)[C@@](C)(NC(=O)NC1CCN(c2ccc(C(=N)N)cc2)C1=O)NC(=O)OCc1ccccc1. The van der Waals surface area contributed by atoms with Crippen LogP contribution in [0.5, 0.6) is 0 Å². The molecule has 1 aliphatic rings. The van der Waals surface area contributed by atoms with Gasteiger partial charge < -0.3 is 30.7 Å². The van der Waals surface area contributed by atoms with E-state index in [1.807, 2.05) is 6.07 Å². The lowest BCUT2D eigenvalue weighted by Gasteiger charge is -2.29. The van der Waals surface area contributed by atoms with Crippen LogP contribution in [0.25, 0.3) is 0 Å². The Balaban J connectivity index is 1.61. The summed E-state index contributed by atoms with van der Waals surface area (Å²) in [5.74, 6) is -1.34. The van der Waals surface area contributed by atoms with Gasteiger partial charge in [-0.1, -0.05) is 30.3 Å². The first-order chi connectivity index (χ1) is 17.6. The van der Waals surface area contributed by atoms with Crippen molar-refractivity contribution in [1.29, 1.82) is 5.41 Å². The fourth-order valence-electron chi connectivity index (χ4n) is 3.68. The number of esters is 1. The molecule has 0 aliphatic carbocycles. The van der Waals surface area contributed by atoms with Gasteiger partial charge in [-0.25, -0.2) is 14.4 Å². The zero-order valence-electron chi connectivity index (χ0n) is 20.6. The van der Waals surface area contributed by atoms with Gasteiger partial charge in [0.15, 0.2) is 0 Å². The molecule has 1 heterocycles. The molecule has 1 saturated heterocycles. The lowest BCUT2D eigenvalue weighted by Crippen LogP contribution is -2.66. The Hall–Kier alpha value is -4.61. The first-order valence-electron chi connectivity index (χ1n) is 11.6. The van der Waals surface area contributed by atoms with Crippen molar-refractivity contribution in [2.24, 2.45) is 5.73 Å². The average molecular weight is 511 g/mol. The minimum atomic E-state index is -1.96. The molecule has 12 heteroatoms. The third kappa shape index (κ3) is 6.97. The van der Waals surface area contributed by atoms with Crippen LogP contribution in [-0.2, 0) is 25.7 Å². The Labute approximate surface area is 214 Å². The Kier molecular flexibility index (Phi) is 8.67. The van der Waals surface area contributed by atoms with E-state index in [0.717, 1.165) is 5.56 Å². The van der Waals surface area contributed by atoms with E-state index < -0.39 is 29.8 Å². The number of ether oxygens (including phenoxy) is 2. The van der Waals surface area contributed by atoms with Gasteiger partial charge in [0.25, 0.3) is 0 Å². The van der Waals surface area contributed by atoms with Crippen LogP contribution in [0.4, 0.5) is 15.3 Å². The van der Waals surface area contributed by atoms with Gasteiger partial charge in [-0.3, -0.25) is 15.5 Å². The van der Waals surface area contributed by atoms with Gasteiger partial charge in [0.2, 0.25) is 11.6 Å². The van der Waals surface area contributed by atoms with Crippen LogP contribution in [0.2, 0.25) is 0 Å². The Morgan fingerprint density at radius 2 is 1.76 bits per heavy atom. The highest BCUT2D eigenvalue weighted by Crippen LogP contribution is 2.22. The van der Waals surface area contributed by atoms with Crippen LogP contribution >= 0.6 is 0 Å². The smallest absolute Gasteiger partial charge is 0.409 e. The number of benzene rings is 2. The molecule has 37 heavy (non-hydrogen) atoms. The maximum Gasteiger partial charge on any atom is 0.409 e. The molecular formula is C25H30N6O6. The second kappa shape index (κ2) is 11.9. The van der Waals surface area contributed by atoms with E-state index in [0.29, 0.717) is 24.2 Å². The molecule has 1 aliphatic heterocycles. The summed E-state index contributed by atoms with van der Waals surface area (Å²) >= 11 is 0. The third-order valence-corrected chi connectivity index (χ3v) is 5.61. The molecule has 1 unspecified atom stereocenters. The molecule has 196 valence electrons. The van der Waals surface area contributed by atoms with Crippen molar-refractivity contribution >= 4 is 35.5 Å². The van der Waals surface area contributed by atoms with Gasteiger partial charge in [0.1, 0.15) is 18.5 Å². The van der Waals surface area contributed by atoms with Crippen LogP contribution < -0.4 is 26.6 Å². The van der Waals surface area contributed by atoms with Crippen LogP contribution in [0.15, 0.2) is 54.6 Å². The number of nitrogens with zero attached hydrogens (tertiary/aromatic N) is 1. The number of alkyl carbamates (subject to hydrolysis) is 1. The van der Waals surface area contributed by atoms with E-state index in [1.54, 1.807) is 55.5 Å². The van der Waals surface area contributed by atoms with Crippen molar-refractivity contribution in [3.05, 3.63) is 65.7 Å². The Bertz CT molecular complexity index is 1160. The summed E-state index contributed by atoms with van der Waals surface area (Å²) in [5.41, 5.74) is 5.37. The second-order valence-electron chi connectivity index (χ2n) is 8.42. The first-order valence-corrected chi connectivity index (χ1v) is 11.6. The molecular weight excluding hydrogens is 480 g/mol. The fraction of sp³-hybridized carbons (Fsp3) is 0.320. The molecule has 0 aromatic heterocycles. The Morgan fingerprint density at radius 1 is 1.08 bits per heavy atom. The highest BCUT2D eigenvalue weighted by molar-refractivity contribution is 6.02. The van der Waals surface area contributed by atoms with Crippen molar-refractivity contribution < 1.29 is 28.7 Å². The molecule has 6 N–H and O–H groups in total. The maximum absolute atomic E-state index is 12.9. The highest BCUT2D eigenvalue weighted by Gasteiger charge is 2.41. The van der Waals surface area contributed by atoms with Gasteiger partial charge in [0, 0.05) is 17.8 Å². The highest BCUT2D eigenvalue weighted by atomic mass is 16.6. The normalized spacial score (nSPS) is 16.3. The Morgan fingerprint density at radius 3 is 2.38 bits per heavy atom. The molecule has 2 aromatic carbocycles. The van der Waals surface area contributed by atoms with Gasteiger partial charge in [-0.05, 0) is 50.1 Å². The minimum Gasteiger partial charge on any atom is -0.463 e. The number of carbonyl (C=O) groups excluding carboxylic acids is 4. The first kappa shape index (κ1) is 27.0. The van der Waals surface area contributed by atoms with Crippen molar-refractivity contribution in [1.82, 2.24) is 16.0 Å². The zero-order chi connectivity index (χ0) is 27.0. The summed E-state index contributed by atoms with van der Waals surface area (Å²) in [4.78, 5) is 52.1. The van der Waals surface area contributed by atoms with Gasteiger partial charge in [-0.15, -0.1) is 0 Å². The van der Waals surface area contributed by atoms with Crippen molar-refractivity contribution in [2.75, 3.05) is 18.1 Å². The lowest BCUT2D eigenvalue weighted by atomic mass is 10.2. The topological polar surface area (TPSA) is 176 Å². The molecule has 0 spiro atoms. The number of nitrogens with two attached hydrogens (primary N) is 1. The fourth-order valence-corrected chi connectivity index (χ4v) is 3.68. The van der Waals surface area contributed by atoms with Crippen molar-refractivity contribution in [3.8, 4) is 0 Å². The van der Waals surface area contributed by atoms with E-state index in [9.17, 15) is 19.2 Å². The van der Waals surface area contributed by atoms with Crippen LogP contribution in [0, 0.1) is 5.41 Å². The van der Waals surface area contributed by atoms with E-state index in [4.69, 9.17) is 20.6 Å². The van der Waals surface area contributed by atoms with Crippen molar-refractivity contribution in [2.45, 2.75) is 38.6 Å². The molecule has 0 bridgehead atoms. The minimum absolute atomic E-state index is 0.0109. The van der Waals surface area contributed by atoms with Crippen LogP contribution in [0.3, 0.4) is 0 Å². The average Bonchev–Trinajstić information content (AvgIpc) is 3.23. The number of amidine groups is 1. The molecule has 0 radical (unpaired) electrons. The number of rotatable bonds is 9. The predicted molar refractivity (Wildman–Crippen MR) is 135 cm³/mol. The summed E-state index contributed by atoms with van der Waals surface area (Å²) in [6.45, 7) is 3.16. The standard InChI is InChI=1S/C25H30N6O6/c1-3-36-22(33)25(2,30-24(35)37-15-16-7-5-4-6-8-16)29-23(34)28-19-13-14-31(21(19)32)18-11-9-17(10-12-18)20(26)27/h4-12,19H,3,13-15H2,1-2H3,(H3,26,27)(H,30,35)(H2,28,29,34)/t19?,25-/m0/s1. The summed E-state index contributed by atoms with van der Waals surface area (Å²) in [6, 6.07) is 13.8. The molecule has 12 nitrogen and oxygen atoms in total. The van der Waals surface area contributed by atoms with Gasteiger partial charge in [-0.2, -0.15) is 0 Å². The van der Waals surface area contributed by atoms with E-state index >= 15 is 0 Å². The molecule has 1 fully saturated rings. The monoisotopic (exact) mass is 510 g/mol. The summed E-state index contributed by atoms with van der Waals surface area (Å²) in [5, 5.41) is 14.7. The van der Waals surface area contributed by atoms with Crippen LogP contribution in [-0.4, -0.2) is 54.7 Å². The number of carbonyl (C=O) groups is 4. The lowest BCUT2D eigenvalue weighted by molar-refractivity contribution is -0.151. The molecule has 2 atom stereocenters. The zero-order valence-corrected chi connectivity index (χ0v) is 20.6. The molecule has 0 saturated carbocycles. The largest absolute Gasteiger partial charge is 0.463 e. The number of nitrogens with one attached hydrogen (secondary N) is 4. The number of hydrogen-bond acceptors (Lipinski definition) is 7. The van der Waals surface area contributed by atoms with Gasteiger partial charge in [0.05, 0.1) is 6.61 Å². The van der Waals surface area contributed by atoms with Crippen molar-refractivity contribution in [3.63, 3.8) is 0 Å². The molecule has 2 aromatic rings. The van der Waals surface area contributed by atoms with E-state index in [2.05, 4.69) is 16.0 Å². The van der Waals surface area contributed by atoms with Gasteiger partial charge >= 0.3 is 18.1 Å². The second-order valence-corrected chi connectivity index (χ2v) is 8.42. The maximum atomic E-state index is 12.9.